The zero-order chi connectivity index (χ0) is 13.7. The Morgan fingerprint density at radius 1 is 1.39 bits per heavy atom. The van der Waals surface area contributed by atoms with Gasteiger partial charge in [-0.3, -0.25) is 4.79 Å². The molecular weight excluding hydrogens is 316 g/mol. The van der Waals surface area contributed by atoms with Crippen molar-refractivity contribution in [1.82, 2.24) is 0 Å². The molecule has 0 saturated carbocycles. The van der Waals surface area contributed by atoms with Crippen LogP contribution in [0.1, 0.15) is 34.6 Å². The number of halogens is 1. The summed E-state index contributed by atoms with van der Waals surface area (Å²) in [5, 5.41) is 0. The van der Waals surface area contributed by atoms with Crippen molar-refractivity contribution < 1.29 is 14.3 Å². The molecule has 98 valence electrons. The lowest BCUT2D eigenvalue weighted by atomic mass is 10.0. The number of carbonyl (C=O) groups is 2. The molecule has 0 amide bonds. The maximum atomic E-state index is 12.1. The lowest BCUT2D eigenvalue weighted by molar-refractivity contribution is 0.0523. The second kappa shape index (κ2) is 6.95. The van der Waals surface area contributed by atoms with Crippen LogP contribution in [-0.4, -0.2) is 29.4 Å². The fourth-order valence-electron chi connectivity index (χ4n) is 1.46. The lowest BCUT2D eigenvalue weighted by Crippen LogP contribution is -2.17. The van der Waals surface area contributed by atoms with Crippen LogP contribution in [0.3, 0.4) is 0 Å². The summed E-state index contributed by atoms with van der Waals surface area (Å²) in [6.07, 6.45) is 1.92. The molecule has 0 spiro atoms. The number of ether oxygens (including phenoxy) is 1. The summed E-state index contributed by atoms with van der Waals surface area (Å²) in [5.41, 5.74) is 0.732. The van der Waals surface area contributed by atoms with Crippen LogP contribution < -0.4 is 0 Å². The van der Waals surface area contributed by atoms with Gasteiger partial charge in [-0.05, 0) is 38.3 Å². The molecule has 18 heavy (non-hydrogen) atoms. The third-order valence-electron chi connectivity index (χ3n) is 2.35. The van der Waals surface area contributed by atoms with Gasteiger partial charge in [0.1, 0.15) is 0 Å². The molecule has 0 aliphatic heterocycles. The number of esters is 1. The summed E-state index contributed by atoms with van der Waals surface area (Å²) in [5.74, 6) is -0.574. The van der Waals surface area contributed by atoms with Crippen LogP contribution in [0.25, 0.3) is 0 Å². The van der Waals surface area contributed by atoms with Crippen LogP contribution in [0.4, 0.5) is 0 Å². The van der Waals surface area contributed by atoms with Gasteiger partial charge in [0.25, 0.3) is 0 Å². The minimum absolute atomic E-state index is 0.117. The van der Waals surface area contributed by atoms with Gasteiger partial charge in [0.2, 0.25) is 0 Å². The Hall–Kier alpha value is -0.810. The zero-order valence-corrected chi connectivity index (χ0v) is 12.9. The van der Waals surface area contributed by atoms with E-state index >= 15 is 0 Å². The first kappa shape index (κ1) is 15.2. The number of carbonyl (C=O) groups excluding carboxylic acids is 2. The van der Waals surface area contributed by atoms with Crippen LogP contribution in [0.15, 0.2) is 23.1 Å². The molecule has 1 unspecified atom stereocenters. The van der Waals surface area contributed by atoms with E-state index in [-0.39, 0.29) is 10.6 Å². The standard InChI is InChI=1S/C13H15BrO3S/c1-4-17-13(16)10-6-5-9(18-3)7-11(10)12(15)8(2)14/h5-8H,4H2,1-3H3. The first-order valence-corrected chi connectivity index (χ1v) is 7.68. The molecule has 0 aliphatic rings. The Bertz CT molecular complexity index is 458. The van der Waals surface area contributed by atoms with Gasteiger partial charge >= 0.3 is 5.97 Å². The molecule has 0 bridgehead atoms. The fourth-order valence-corrected chi connectivity index (χ4v) is 2.14. The van der Waals surface area contributed by atoms with E-state index in [1.807, 2.05) is 12.3 Å². The number of hydrogen-bond donors (Lipinski definition) is 0. The van der Waals surface area contributed by atoms with Crippen LogP contribution in [-0.2, 0) is 4.74 Å². The highest BCUT2D eigenvalue weighted by Crippen LogP contribution is 2.23. The van der Waals surface area contributed by atoms with E-state index in [2.05, 4.69) is 15.9 Å². The lowest BCUT2D eigenvalue weighted by Gasteiger charge is -2.10. The molecule has 3 nitrogen and oxygen atoms in total. The number of thioether (sulfide) groups is 1. The summed E-state index contributed by atoms with van der Waals surface area (Å²) in [6.45, 7) is 3.77. The summed E-state index contributed by atoms with van der Waals surface area (Å²) >= 11 is 4.76. The number of alkyl halides is 1. The summed E-state index contributed by atoms with van der Waals surface area (Å²) in [7, 11) is 0. The van der Waals surface area contributed by atoms with Crippen molar-refractivity contribution in [2.45, 2.75) is 23.6 Å². The van der Waals surface area contributed by atoms with Gasteiger partial charge in [-0.15, -0.1) is 11.8 Å². The smallest absolute Gasteiger partial charge is 0.338 e. The predicted molar refractivity (Wildman–Crippen MR) is 76.9 cm³/mol. The molecule has 5 heteroatoms. The molecule has 0 radical (unpaired) electrons. The van der Waals surface area contributed by atoms with Crippen molar-refractivity contribution in [3.8, 4) is 0 Å². The minimum Gasteiger partial charge on any atom is -0.462 e. The van der Waals surface area contributed by atoms with Crippen molar-refractivity contribution in [3.63, 3.8) is 0 Å². The van der Waals surface area contributed by atoms with E-state index in [1.165, 1.54) is 11.8 Å². The monoisotopic (exact) mass is 330 g/mol. The van der Waals surface area contributed by atoms with Gasteiger partial charge in [0.15, 0.2) is 5.78 Å². The highest BCUT2D eigenvalue weighted by atomic mass is 79.9. The number of ketones is 1. The van der Waals surface area contributed by atoms with Crippen molar-refractivity contribution in [3.05, 3.63) is 29.3 Å². The highest BCUT2D eigenvalue weighted by Gasteiger charge is 2.21. The van der Waals surface area contributed by atoms with Crippen LogP contribution in [0.2, 0.25) is 0 Å². The summed E-state index contributed by atoms with van der Waals surface area (Å²) in [6, 6.07) is 5.19. The molecule has 0 fully saturated rings. The van der Waals surface area contributed by atoms with E-state index in [9.17, 15) is 9.59 Å². The zero-order valence-electron chi connectivity index (χ0n) is 10.5. The number of rotatable bonds is 5. The third-order valence-corrected chi connectivity index (χ3v) is 3.49. The second-order valence-corrected chi connectivity index (χ2v) is 5.87. The van der Waals surface area contributed by atoms with E-state index < -0.39 is 5.97 Å². The van der Waals surface area contributed by atoms with Gasteiger partial charge in [-0.2, -0.15) is 0 Å². The molecule has 1 aromatic rings. The molecule has 0 aromatic heterocycles. The van der Waals surface area contributed by atoms with Crippen LogP contribution in [0.5, 0.6) is 0 Å². The molecule has 1 aromatic carbocycles. The molecule has 0 saturated heterocycles. The van der Waals surface area contributed by atoms with E-state index in [0.717, 1.165) is 4.90 Å². The molecular formula is C13H15BrO3S. The van der Waals surface area contributed by atoms with Crippen molar-refractivity contribution in [1.29, 1.82) is 0 Å². The third kappa shape index (κ3) is 3.59. The van der Waals surface area contributed by atoms with Gasteiger partial charge in [0.05, 0.1) is 17.0 Å². The quantitative estimate of drug-likeness (QED) is 0.358. The van der Waals surface area contributed by atoms with Crippen LogP contribution >= 0.6 is 27.7 Å². The summed E-state index contributed by atoms with van der Waals surface area (Å²) in [4.78, 5) is 24.5. The Morgan fingerprint density at radius 2 is 2.06 bits per heavy atom. The van der Waals surface area contributed by atoms with Crippen LogP contribution in [0, 0.1) is 0 Å². The maximum absolute atomic E-state index is 12.1. The topological polar surface area (TPSA) is 43.4 Å². The Balaban J connectivity index is 3.24. The van der Waals surface area contributed by atoms with Gasteiger partial charge in [-0.25, -0.2) is 4.79 Å². The second-order valence-electron chi connectivity index (χ2n) is 3.61. The summed E-state index contributed by atoms with van der Waals surface area (Å²) < 4.78 is 4.96. The highest BCUT2D eigenvalue weighted by molar-refractivity contribution is 9.10. The van der Waals surface area contributed by atoms with Crippen molar-refractivity contribution in [2.75, 3.05) is 12.9 Å². The molecule has 0 heterocycles. The average molecular weight is 331 g/mol. The van der Waals surface area contributed by atoms with Gasteiger partial charge < -0.3 is 4.74 Å². The molecule has 0 N–H and O–H groups in total. The Morgan fingerprint density at radius 3 is 2.56 bits per heavy atom. The number of hydrogen-bond acceptors (Lipinski definition) is 4. The normalized spacial score (nSPS) is 12.0. The largest absolute Gasteiger partial charge is 0.462 e. The predicted octanol–water partition coefficient (Wildman–Crippen LogP) is 3.55. The Labute approximate surface area is 119 Å². The van der Waals surface area contributed by atoms with Gasteiger partial charge in [0, 0.05) is 10.5 Å². The van der Waals surface area contributed by atoms with E-state index in [0.29, 0.717) is 17.7 Å². The van der Waals surface area contributed by atoms with E-state index in [1.54, 1.807) is 26.0 Å². The fraction of sp³-hybridized carbons (Fsp3) is 0.385. The average Bonchev–Trinajstić information content (AvgIpc) is 2.37. The maximum Gasteiger partial charge on any atom is 0.338 e. The van der Waals surface area contributed by atoms with E-state index in [4.69, 9.17) is 4.74 Å². The molecule has 1 rings (SSSR count). The van der Waals surface area contributed by atoms with Crippen molar-refractivity contribution >= 4 is 39.4 Å². The Kier molecular flexibility index (Phi) is 5.88. The van der Waals surface area contributed by atoms with Crippen molar-refractivity contribution in [2.24, 2.45) is 0 Å². The SMILES string of the molecule is CCOC(=O)c1ccc(SC)cc1C(=O)C(C)Br. The molecule has 0 aliphatic carbocycles. The first-order chi connectivity index (χ1) is 8.51. The van der Waals surface area contributed by atoms with Gasteiger partial charge in [-0.1, -0.05) is 15.9 Å². The first-order valence-electron chi connectivity index (χ1n) is 5.54. The minimum atomic E-state index is -0.457. The number of benzene rings is 1. The number of Topliss-reactive ketones (excluding diaryl/α,β-unsaturated/α-hetero) is 1. The molecule has 1 atom stereocenters.